The van der Waals surface area contributed by atoms with Crippen LogP contribution in [0.2, 0.25) is 0 Å². The topological polar surface area (TPSA) is 56.5 Å². The first-order valence-electron chi connectivity index (χ1n) is 6.21. The summed E-state index contributed by atoms with van der Waals surface area (Å²) in [6, 6.07) is 3.51. The SMILES string of the molecule is COC(=O)c1ccc2nnc(C3(C)CCCS3)n2c1. The van der Waals surface area contributed by atoms with Crippen molar-refractivity contribution in [2.45, 2.75) is 24.5 Å². The molecule has 6 heteroatoms. The standard InChI is InChI=1S/C13H15N3O2S/c1-13(6-3-7-19-13)12-15-14-10-5-4-9(8-16(10)12)11(17)18-2/h4-5,8H,3,6-7H2,1-2H3. The number of carbonyl (C=O) groups excluding carboxylic acids is 1. The number of hydrogen-bond acceptors (Lipinski definition) is 5. The van der Waals surface area contributed by atoms with Crippen molar-refractivity contribution in [3.8, 4) is 0 Å². The molecule has 0 spiro atoms. The highest BCUT2D eigenvalue weighted by atomic mass is 32.2. The zero-order valence-electron chi connectivity index (χ0n) is 10.9. The van der Waals surface area contributed by atoms with Gasteiger partial charge in [-0.25, -0.2) is 4.79 Å². The molecular weight excluding hydrogens is 262 g/mol. The number of hydrogen-bond donors (Lipinski definition) is 0. The summed E-state index contributed by atoms with van der Waals surface area (Å²) in [4.78, 5) is 11.6. The molecule has 19 heavy (non-hydrogen) atoms. The zero-order valence-corrected chi connectivity index (χ0v) is 11.7. The normalized spacial score (nSPS) is 22.8. The van der Waals surface area contributed by atoms with Gasteiger partial charge in [0.25, 0.3) is 0 Å². The Labute approximate surface area is 115 Å². The van der Waals surface area contributed by atoms with Crippen LogP contribution in [-0.2, 0) is 9.48 Å². The van der Waals surface area contributed by atoms with E-state index in [0.717, 1.165) is 23.6 Å². The lowest BCUT2D eigenvalue weighted by molar-refractivity contribution is 0.0600. The maximum Gasteiger partial charge on any atom is 0.339 e. The number of fused-ring (bicyclic) bond motifs is 1. The molecule has 0 aliphatic carbocycles. The summed E-state index contributed by atoms with van der Waals surface area (Å²) in [5.41, 5.74) is 1.28. The quantitative estimate of drug-likeness (QED) is 0.788. The van der Waals surface area contributed by atoms with Crippen LogP contribution in [0.1, 0.15) is 35.9 Å². The van der Waals surface area contributed by atoms with Gasteiger partial charge in [-0.1, -0.05) is 0 Å². The van der Waals surface area contributed by atoms with E-state index in [2.05, 4.69) is 17.1 Å². The van der Waals surface area contributed by atoms with Gasteiger partial charge >= 0.3 is 5.97 Å². The average molecular weight is 277 g/mol. The molecule has 0 amide bonds. The van der Waals surface area contributed by atoms with Crippen molar-refractivity contribution in [2.75, 3.05) is 12.9 Å². The van der Waals surface area contributed by atoms with Gasteiger partial charge in [-0.3, -0.25) is 4.40 Å². The van der Waals surface area contributed by atoms with Crippen LogP contribution < -0.4 is 0 Å². The summed E-state index contributed by atoms with van der Waals surface area (Å²) in [6.07, 6.45) is 4.04. The monoisotopic (exact) mass is 277 g/mol. The molecule has 1 aliphatic heterocycles. The van der Waals surface area contributed by atoms with Gasteiger partial charge in [0.2, 0.25) is 0 Å². The maximum absolute atomic E-state index is 11.6. The summed E-state index contributed by atoms with van der Waals surface area (Å²) >= 11 is 1.90. The number of esters is 1. The number of methoxy groups -OCH3 is 1. The van der Waals surface area contributed by atoms with Crippen LogP contribution in [0.15, 0.2) is 18.3 Å². The third-order valence-corrected chi connectivity index (χ3v) is 5.03. The minimum atomic E-state index is -0.342. The third kappa shape index (κ3) is 2.00. The zero-order chi connectivity index (χ0) is 13.5. The molecule has 0 radical (unpaired) electrons. The number of carbonyl (C=O) groups is 1. The van der Waals surface area contributed by atoms with E-state index < -0.39 is 0 Å². The molecule has 1 atom stereocenters. The Morgan fingerprint density at radius 1 is 1.47 bits per heavy atom. The molecule has 1 fully saturated rings. The summed E-state index contributed by atoms with van der Waals surface area (Å²) < 4.78 is 6.64. The van der Waals surface area contributed by atoms with E-state index in [1.165, 1.54) is 13.5 Å². The molecule has 1 saturated heterocycles. The van der Waals surface area contributed by atoms with Gasteiger partial charge < -0.3 is 4.74 Å². The Kier molecular flexibility index (Phi) is 2.97. The third-order valence-electron chi connectivity index (χ3n) is 3.52. The van der Waals surface area contributed by atoms with Gasteiger partial charge in [-0.2, -0.15) is 0 Å². The van der Waals surface area contributed by atoms with Gasteiger partial charge in [0, 0.05) is 6.20 Å². The van der Waals surface area contributed by atoms with E-state index in [9.17, 15) is 4.79 Å². The van der Waals surface area contributed by atoms with Crippen LogP contribution >= 0.6 is 11.8 Å². The second kappa shape index (κ2) is 4.52. The molecule has 2 aromatic rings. The molecule has 2 aromatic heterocycles. The maximum atomic E-state index is 11.6. The highest BCUT2D eigenvalue weighted by Gasteiger charge is 2.36. The number of pyridine rings is 1. The van der Waals surface area contributed by atoms with E-state index in [0.29, 0.717) is 5.56 Å². The molecule has 5 nitrogen and oxygen atoms in total. The first-order chi connectivity index (χ1) is 9.14. The Hall–Kier alpha value is -1.56. The summed E-state index contributed by atoms with van der Waals surface area (Å²) in [7, 11) is 1.38. The molecule has 0 saturated carbocycles. The van der Waals surface area contributed by atoms with Crippen LogP contribution in [0.5, 0.6) is 0 Å². The predicted octanol–water partition coefficient (Wildman–Crippen LogP) is 2.26. The van der Waals surface area contributed by atoms with Crippen molar-refractivity contribution in [3.05, 3.63) is 29.7 Å². The highest BCUT2D eigenvalue weighted by Crippen LogP contribution is 2.45. The van der Waals surface area contributed by atoms with Crippen LogP contribution in [0.3, 0.4) is 0 Å². The van der Waals surface area contributed by atoms with Crippen molar-refractivity contribution in [1.29, 1.82) is 0 Å². The summed E-state index contributed by atoms with van der Waals surface area (Å²) in [5, 5.41) is 8.50. The minimum Gasteiger partial charge on any atom is -0.465 e. The Balaban J connectivity index is 2.13. The first-order valence-corrected chi connectivity index (χ1v) is 7.20. The van der Waals surface area contributed by atoms with Gasteiger partial charge in [-0.15, -0.1) is 22.0 Å². The van der Waals surface area contributed by atoms with E-state index in [1.807, 2.05) is 16.2 Å². The fraction of sp³-hybridized carbons (Fsp3) is 0.462. The first kappa shape index (κ1) is 12.5. The number of nitrogens with zero attached hydrogens (tertiary/aromatic N) is 3. The van der Waals surface area contributed by atoms with Crippen LogP contribution in [0, 0.1) is 0 Å². The fourth-order valence-corrected chi connectivity index (χ4v) is 3.74. The summed E-state index contributed by atoms with van der Waals surface area (Å²) in [5.74, 6) is 1.71. The van der Waals surface area contributed by atoms with E-state index in [4.69, 9.17) is 4.74 Å². The number of aromatic nitrogens is 3. The predicted molar refractivity (Wildman–Crippen MR) is 73.4 cm³/mol. The molecule has 3 heterocycles. The highest BCUT2D eigenvalue weighted by molar-refractivity contribution is 8.00. The van der Waals surface area contributed by atoms with Crippen LogP contribution in [0.25, 0.3) is 5.65 Å². The van der Waals surface area contributed by atoms with Crippen LogP contribution in [0.4, 0.5) is 0 Å². The smallest absolute Gasteiger partial charge is 0.339 e. The Bertz CT molecular complexity index is 632. The lowest BCUT2D eigenvalue weighted by Crippen LogP contribution is -2.17. The molecule has 0 aromatic carbocycles. The molecule has 0 bridgehead atoms. The van der Waals surface area contributed by atoms with Crippen LogP contribution in [-0.4, -0.2) is 33.4 Å². The number of rotatable bonds is 2. The van der Waals surface area contributed by atoms with Crippen molar-refractivity contribution in [3.63, 3.8) is 0 Å². The van der Waals surface area contributed by atoms with Crippen molar-refractivity contribution >= 4 is 23.4 Å². The molecular formula is C13H15N3O2S. The Morgan fingerprint density at radius 3 is 3.00 bits per heavy atom. The molecule has 100 valence electrons. The molecule has 3 rings (SSSR count). The molecule has 1 aliphatic rings. The van der Waals surface area contributed by atoms with E-state index in [-0.39, 0.29) is 10.7 Å². The fourth-order valence-electron chi connectivity index (χ4n) is 2.45. The average Bonchev–Trinajstić information content (AvgIpc) is 3.04. The summed E-state index contributed by atoms with van der Waals surface area (Å²) in [6.45, 7) is 2.19. The van der Waals surface area contributed by atoms with Gasteiger partial charge in [0.05, 0.1) is 17.4 Å². The van der Waals surface area contributed by atoms with Crippen molar-refractivity contribution in [2.24, 2.45) is 0 Å². The van der Waals surface area contributed by atoms with E-state index >= 15 is 0 Å². The second-order valence-electron chi connectivity index (χ2n) is 4.84. The van der Waals surface area contributed by atoms with Crippen molar-refractivity contribution < 1.29 is 9.53 Å². The van der Waals surface area contributed by atoms with E-state index in [1.54, 1.807) is 18.3 Å². The van der Waals surface area contributed by atoms with Gasteiger partial charge in [0.1, 0.15) is 0 Å². The number of ether oxygens (including phenoxy) is 1. The lowest BCUT2D eigenvalue weighted by atomic mass is 10.1. The van der Waals surface area contributed by atoms with Gasteiger partial charge in [-0.05, 0) is 37.7 Å². The minimum absolute atomic E-state index is 0.0197. The van der Waals surface area contributed by atoms with Gasteiger partial charge in [0.15, 0.2) is 11.5 Å². The van der Waals surface area contributed by atoms with Crippen molar-refractivity contribution in [1.82, 2.24) is 14.6 Å². The Morgan fingerprint density at radius 2 is 2.32 bits per heavy atom. The lowest BCUT2D eigenvalue weighted by Gasteiger charge is -2.20. The molecule has 1 unspecified atom stereocenters. The second-order valence-corrected chi connectivity index (χ2v) is 6.44. The number of thioether (sulfide) groups is 1. The largest absolute Gasteiger partial charge is 0.465 e. The molecule has 0 N–H and O–H groups in total.